The number of aryl methyl sites for hydroxylation is 2. The summed E-state index contributed by atoms with van der Waals surface area (Å²) in [5, 5.41) is 4.50. The summed E-state index contributed by atoms with van der Waals surface area (Å²) in [6.45, 7) is 2.92. The van der Waals surface area contributed by atoms with Crippen molar-refractivity contribution in [3.63, 3.8) is 0 Å². The van der Waals surface area contributed by atoms with Crippen LogP contribution >= 0.6 is 0 Å². The monoisotopic (exact) mass is 274 g/mol. The summed E-state index contributed by atoms with van der Waals surface area (Å²) < 4.78 is 15.3. The number of anilines is 3. The Kier molecular flexibility index (Phi) is 3.12. The highest BCUT2D eigenvalue weighted by atomic mass is 19.1. The van der Waals surface area contributed by atoms with E-state index in [1.54, 1.807) is 10.7 Å². The lowest BCUT2D eigenvalue weighted by Gasteiger charge is -2.20. The Labute approximate surface area is 118 Å². The normalized spacial score (nSPS) is 13.8. The van der Waals surface area contributed by atoms with E-state index in [4.69, 9.17) is 5.73 Å². The van der Waals surface area contributed by atoms with Gasteiger partial charge in [-0.1, -0.05) is 19.4 Å². The summed E-state index contributed by atoms with van der Waals surface area (Å²) in [4.78, 5) is 2.07. The first-order valence-electron chi connectivity index (χ1n) is 6.99. The molecule has 0 radical (unpaired) electrons. The van der Waals surface area contributed by atoms with Gasteiger partial charge in [-0.2, -0.15) is 5.10 Å². The Hall–Kier alpha value is -2.04. The number of rotatable bonds is 3. The van der Waals surface area contributed by atoms with E-state index in [0.717, 1.165) is 48.6 Å². The molecule has 1 aromatic heterocycles. The van der Waals surface area contributed by atoms with Crippen molar-refractivity contribution < 1.29 is 4.39 Å². The minimum absolute atomic E-state index is 0.217. The molecule has 5 heteroatoms. The summed E-state index contributed by atoms with van der Waals surface area (Å²) in [5.41, 5.74) is 9.95. The van der Waals surface area contributed by atoms with E-state index >= 15 is 0 Å². The minimum atomic E-state index is -0.217. The van der Waals surface area contributed by atoms with E-state index in [9.17, 15) is 4.39 Å². The third-order valence-electron chi connectivity index (χ3n) is 3.81. The van der Waals surface area contributed by atoms with Crippen LogP contribution in [0, 0.1) is 5.82 Å². The highest BCUT2D eigenvalue weighted by Gasteiger charge is 2.26. The van der Waals surface area contributed by atoms with Crippen molar-refractivity contribution >= 4 is 17.2 Å². The van der Waals surface area contributed by atoms with Gasteiger partial charge in [0, 0.05) is 19.3 Å². The van der Waals surface area contributed by atoms with Crippen LogP contribution in [0.4, 0.5) is 21.6 Å². The molecule has 2 heterocycles. The lowest BCUT2D eigenvalue weighted by Crippen LogP contribution is -2.18. The number of hydrogen-bond donors (Lipinski definition) is 1. The number of aromatic nitrogens is 2. The van der Waals surface area contributed by atoms with E-state index < -0.39 is 0 Å². The average Bonchev–Trinajstić information content (AvgIpc) is 2.92. The first-order chi connectivity index (χ1) is 9.61. The largest absolute Gasteiger partial charge is 0.394 e. The zero-order valence-corrected chi connectivity index (χ0v) is 11.9. The highest BCUT2D eigenvalue weighted by molar-refractivity contribution is 5.77. The fourth-order valence-corrected chi connectivity index (χ4v) is 2.90. The molecule has 20 heavy (non-hydrogen) atoms. The van der Waals surface area contributed by atoms with Gasteiger partial charge in [0.25, 0.3) is 0 Å². The van der Waals surface area contributed by atoms with Crippen LogP contribution in [0.3, 0.4) is 0 Å². The summed E-state index contributed by atoms with van der Waals surface area (Å²) in [7, 11) is 1.89. The van der Waals surface area contributed by atoms with Crippen LogP contribution in [-0.4, -0.2) is 16.3 Å². The van der Waals surface area contributed by atoms with Crippen LogP contribution in [-0.2, 0) is 19.9 Å². The van der Waals surface area contributed by atoms with Gasteiger partial charge >= 0.3 is 0 Å². The van der Waals surface area contributed by atoms with Gasteiger partial charge in [0.1, 0.15) is 5.82 Å². The lowest BCUT2D eigenvalue weighted by molar-refractivity contribution is 0.627. The molecule has 0 unspecified atom stereocenters. The number of halogens is 1. The Morgan fingerprint density at radius 1 is 1.40 bits per heavy atom. The van der Waals surface area contributed by atoms with Gasteiger partial charge in [0.15, 0.2) is 5.82 Å². The first-order valence-corrected chi connectivity index (χ1v) is 6.99. The molecule has 0 spiro atoms. The second kappa shape index (κ2) is 4.81. The van der Waals surface area contributed by atoms with Gasteiger partial charge in [-0.05, 0) is 30.5 Å². The second-order valence-electron chi connectivity index (χ2n) is 5.23. The molecule has 0 saturated heterocycles. The molecule has 0 aliphatic carbocycles. The maximum absolute atomic E-state index is 13.5. The molecule has 0 bridgehead atoms. The van der Waals surface area contributed by atoms with Crippen LogP contribution in [0.5, 0.6) is 0 Å². The standard InChI is InChI=1S/C15H19FN4/c1-3-4-12-14(17)15(19(2)18-12)20-8-7-10-5-6-11(16)9-13(10)20/h5-6,9H,3-4,7-8,17H2,1-2H3. The van der Waals surface area contributed by atoms with Crippen molar-refractivity contribution in [3.8, 4) is 0 Å². The predicted octanol–water partition coefficient (Wildman–Crippen LogP) is 2.79. The van der Waals surface area contributed by atoms with Crippen LogP contribution < -0.4 is 10.6 Å². The van der Waals surface area contributed by atoms with Crippen molar-refractivity contribution in [3.05, 3.63) is 35.3 Å². The summed E-state index contributed by atoms with van der Waals surface area (Å²) in [5.74, 6) is 0.656. The van der Waals surface area contributed by atoms with E-state index in [2.05, 4.69) is 16.9 Å². The van der Waals surface area contributed by atoms with Gasteiger partial charge in [0.2, 0.25) is 0 Å². The van der Waals surface area contributed by atoms with Crippen molar-refractivity contribution in [2.45, 2.75) is 26.2 Å². The van der Waals surface area contributed by atoms with Crippen molar-refractivity contribution in [2.24, 2.45) is 7.05 Å². The topological polar surface area (TPSA) is 47.1 Å². The Balaban J connectivity index is 2.06. The maximum Gasteiger partial charge on any atom is 0.154 e. The molecular formula is C15H19FN4. The predicted molar refractivity (Wildman–Crippen MR) is 78.7 cm³/mol. The number of nitrogens with two attached hydrogens (primary N) is 1. The van der Waals surface area contributed by atoms with Gasteiger partial charge in [-0.15, -0.1) is 0 Å². The van der Waals surface area contributed by atoms with Crippen molar-refractivity contribution in [2.75, 3.05) is 17.2 Å². The van der Waals surface area contributed by atoms with Gasteiger partial charge in [0.05, 0.1) is 11.4 Å². The van der Waals surface area contributed by atoms with Gasteiger partial charge in [-0.25, -0.2) is 4.39 Å². The molecule has 2 aromatic rings. The average molecular weight is 274 g/mol. The molecule has 1 aliphatic rings. The zero-order chi connectivity index (χ0) is 14.3. The van der Waals surface area contributed by atoms with E-state index in [1.807, 2.05) is 13.1 Å². The molecule has 0 amide bonds. The van der Waals surface area contributed by atoms with Crippen LogP contribution in [0.25, 0.3) is 0 Å². The molecule has 106 valence electrons. The van der Waals surface area contributed by atoms with Crippen LogP contribution in [0.1, 0.15) is 24.6 Å². The SMILES string of the molecule is CCCc1nn(C)c(N2CCc3ccc(F)cc32)c1N. The Morgan fingerprint density at radius 3 is 2.95 bits per heavy atom. The zero-order valence-electron chi connectivity index (χ0n) is 11.9. The number of hydrogen-bond acceptors (Lipinski definition) is 3. The summed E-state index contributed by atoms with van der Waals surface area (Å²) in [6, 6.07) is 4.94. The molecule has 2 N–H and O–H groups in total. The lowest BCUT2D eigenvalue weighted by atomic mass is 10.1. The second-order valence-corrected chi connectivity index (χ2v) is 5.23. The highest BCUT2D eigenvalue weighted by Crippen LogP contribution is 2.38. The molecule has 0 atom stereocenters. The third-order valence-corrected chi connectivity index (χ3v) is 3.81. The van der Waals surface area contributed by atoms with Crippen molar-refractivity contribution in [1.82, 2.24) is 9.78 Å². The Bertz CT molecular complexity index is 648. The molecule has 1 aliphatic heterocycles. The molecule has 0 saturated carbocycles. The number of nitrogens with zero attached hydrogens (tertiary/aromatic N) is 3. The fourth-order valence-electron chi connectivity index (χ4n) is 2.90. The molecule has 1 aromatic carbocycles. The third kappa shape index (κ3) is 1.94. The molecule has 4 nitrogen and oxygen atoms in total. The fraction of sp³-hybridized carbons (Fsp3) is 0.400. The smallest absolute Gasteiger partial charge is 0.154 e. The van der Waals surface area contributed by atoms with E-state index in [1.165, 1.54) is 6.07 Å². The molecule has 0 fully saturated rings. The first kappa shape index (κ1) is 13.0. The van der Waals surface area contributed by atoms with Crippen molar-refractivity contribution in [1.29, 1.82) is 0 Å². The van der Waals surface area contributed by atoms with E-state index in [-0.39, 0.29) is 5.82 Å². The van der Waals surface area contributed by atoms with E-state index in [0.29, 0.717) is 5.69 Å². The quantitative estimate of drug-likeness (QED) is 0.936. The minimum Gasteiger partial charge on any atom is -0.394 e. The van der Waals surface area contributed by atoms with Gasteiger partial charge in [-0.3, -0.25) is 4.68 Å². The number of benzene rings is 1. The number of nitrogen functional groups attached to an aromatic ring is 1. The number of fused-ring (bicyclic) bond motifs is 1. The molecule has 3 rings (SSSR count). The Morgan fingerprint density at radius 2 is 2.20 bits per heavy atom. The van der Waals surface area contributed by atoms with Crippen LogP contribution in [0.2, 0.25) is 0 Å². The van der Waals surface area contributed by atoms with Gasteiger partial charge < -0.3 is 10.6 Å². The summed E-state index contributed by atoms with van der Waals surface area (Å²) >= 11 is 0. The molecular weight excluding hydrogens is 255 g/mol. The summed E-state index contributed by atoms with van der Waals surface area (Å²) in [6.07, 6.45) is 2.78. The maximum atomic E-state index is 13.5. The van der Waals surface area contributed by atoms with Crippen LogP contribution in [0.15, 0.2) is 18.2 Å².